The van der Waals surface area contributed by atoms with E-state index in [9.17, 15) is 8.42 Å². The van der Waals surface area contributed by atoms with Gasteiger partial charge in [0.15, 0.2) is 0 Å². The van der Waals surface area contributed by atoms with Crippen LogP contribution in [0.15, 0.2) is 0 Å². The van der Waals surface area contributed by atoms with Crippen LogP contribution in [0.3, 0.4) is 0 Å². The number of nitrogens with zero attached hydrogens (tertiary/aromatic N) is 1. The minimum atomic E-state index is -3.12. The average molecular weight is 274 g/mol. The Kier molecular flexibility index (Phi) is 3.62. The monoisotopic (exact) mass is 274 g/mol. The summed E-state index contributed by atoms with van der Waals surface area (Å²) in [5, 5.41) is 3.31. The van der Waals surface area contributed by atoms with Crippen molar-refractivity contribution in [3.05, 3.63) is 0 Å². The largest absolute Gasteiger partial charge is 0.381 e. The molecular formula is C12H22N2O3S. The van der Waals surface area contributed by atoms with Gasteiger partial charge in [0.05, 0.1) is 5.25 Å². The maximum absolute atomic E-state index is 12.6. The number of sulfonamides is 1. The lowest BCUT2D eigenvalue weighted by atomic mass is 10.1. The normalized spacial score (nSPS) is 35.6. The molecule has 3 aliphatic rings. The van der Waals surface area contributed by atoms with Gasteiger partial charge in [-0.05, 0) is 32.1 Å². The smallest absolute Gasteiger partial charge is 0.217 e. The molecule has 104 valence electrons. The van der Waals surface area contributed by atoms with Crippen LogP contribution in [-0.4, -0.2) is 56.4 Å². The molecule has 0 amide bonds. The third-order valence-electron chi connectivity index (χ3n) is 4.44. The maximum atomic E-state index is 12.6. The Morgan fingerprint density at radius 1 is 1.00 bits per heavy atom. The first-order valence-corrected chi connectivity index (χ1v) is 8.49. The van der Waals surface area contributed by atoms with Gasteiger partial charge in [-0.15, -0.1) is 0 Å². The highest BCUT2D eigenvalue weighted by Crippen LogP contribution is 2.26. The Balaban J connectivity index is 1.72. The molecule has 5 nitrogen and oxygen atoms in total. The van der Waals surface area contributed by atoms with Crippen molar-refractivity contribution in [2.75, 3.05) is 26.3 Å². The van der Waals surface area contributed by atoms with Crippen molar-refractivity contribution in [3.8, 4) is 0 Å². The van der Waals surface area contributed by atoms with Crippen molar-refractivity contribution >= 4 is 10.0 Å². The molecule has 2 unspecified atom stereocenters. The summed E-state index contributed by atoms with van der Waals surface area (Å²) in [5.41, 5.74) is 0. The van der Waals surface area contributed by atoms with Crippen molar-refractivity contribution in [1.82, 2.24) is 9.62 Å². The lowest BCUT2D eigenvalue weighted by molar-refractivity contribution is 0.0971. The lowest BCUT2D eigenvalue weighted by Crippen LogP contribution is -2.45. The van der Waals surface area contributed by atoms with Gasteiger partial charge in [0.25, 0.3) is 0 Å². The summed E-state index contributed by atoms with van der Waals surface area (Å²) in [5.74, 6) is 0. The van der Waals surface area contributed by atoms with E-state index in [0.29, 0.717) is 51.2 Å². The van der Waals surface area contributed by atoms with Gasteiger partial charge in [-0.25, -0.2) is 12.7 Å². The first-order valence-electron chi connectivity index (χ1n) is 6.99. The van der Waals surface area contributed by atoms with Crippen LogP contribution in [0.25, 0.3) is 0 Å². The molecule has 0 spiro atoms. The Morgan fingerprint density at radius 3 is 2.50 bits per heavy atom. The van der Waals surface area contributed by atoms with Crippen LogP contribution in [0.5, 0.6) is 0 Å². The second kappa shape index (κ2) is 5.07. The van der Waals surface area contributed by atoms with E-state index in [2.05, 4.69) is 5.32 Å². The first-order chi connectivity index (χ1) is 8.66. The molecule has 3 heterocycles. The first kappa shape index (κ1) is 12.8. The predicted molar refractivity (Wildman–Crippen MR) is 68.9 cm³/mol. The van der Waals surface area contributed by atoms with Gasteiger partial charge >= 0.3 is 0 Å². The third-order valence-corrected chi connectivity index (χ3v) is 6.80. The molecule has 3 saturated heterocycles. The SMILES string of the molecule is O=S(=O)(C1CCOCC1)N1CCC2CCC(C1)N2. The maximum Gasteiger partial charge on any atom is 0.217 e. The molecule has 1 N–H and O–H groups in total. The molecule has 0 saturated carbocycles. The summed E-state index contributed by atoms with van der Waals surface area (Å²) in [6.45, 7) is 2.52. The number of ether oxygens (including phenoxy) is 1. The van der Waals surface area contributed by atoms with Crippen molar-refractivity contribution in [3.63, 3.8) is 0 Å². The van der Waals surface area contributed by atoms with Crippen LogP contribution in [-0.2, 0) is 14.8 Å². The summed E-state index contributed by atoms with van der Waals surface area (Å²) in [7, 11) is -3.12. The molecule has 0 aromatic heterocycles. The molecule has 3 rings (SSSR count). The van der Waals surface area contributed by atoms with Gasteiger partial charge in [0.1, 0.15) is 0 Å². The zero-order valence-electron chi connectivity index (χ0n) is 10.7. The minimum absolute atomic E-state index is 0.220. The van der Waals surface area contributed by atoms with Gasteiger partial charge in [-0.1, -0.05) is 0 Å². The third kappa shape index (κ3) is 2.43. The lowest BCUT2D eigenvalue weighted by Gasteiger charge is -2.30. The molecule has 3 aliphatic heterocycles. The second-order valence-corrected chi connectivity index (χ2v) is 7.85. The van der Waals surface area contributed by atoms with E-state index < -0.39 is 10.0 Å². The minimum Gasteiger partial charge on any atom is -0.381 e. The van der Waals surface area contributed by atoms with Crippen LogP contribution in [0.1, 0.15) is 32.1 Å². The molecule has 0 aromatic rings. The second-order valence-electron chi connectivity index (χ2n) is 5.64. The molecule has 18 heavy (non-hydrogen) atoms. The average Bonchev–Trinajstić information content (AvgIpc) is 2.69. The standard InChI is InChI=1S/C12H22N2O3S/c15-18(16,12-4-7-17-8-5-12)14-6-3-10-1-2-11(9-14)13-10/h10-13H,1-9H2. The predicted octanol–water partition coefficient (Wildman–Crippen LogP) is 0.322. The van der Waals surface area contributed by atoms with E-state index in [1.54, 1.807) is 4.31 Å². The fraction of sp³-hybridized carbons (Fsp3) is 1.00. The Morgan fingerprint density at radius 2 is 1.72 bits per heavy atom. The quantitative estimate of drug-likeness (QED) is 0.788. The highest BCUT2D eigenvalue weighted by atomic mass is 32.2. The van der Waals surface area contributed by atoms with Crippen molar-refractivity contribution in [2.24, 2.45) is 0 Å². The number of hydrogen-bond donors (Lipinski definition) is 1. The van der Waals surface area contributed by atoms with E-state index in [4.69, 9.17) is 4.74 Å². The summed E-state index contributed by atoms with van der Waals surface area (Å²) >= 11 is 0. The molecule has 0 radical (unpaired) electrons. The fourth-order valence-corrected chi connectivity index (χ4v) is 5.28. The van der Waals surface area contributed by atoms with Crippen LogP contribution in [0, 0.1) is 0 Å². The number of rotatable bonds is 2. The van der Waals surface area contributed by atoms with E-state index in [1.807, 2.05) is 0 Å². The van der Waals surface area contributed by atoms with E-state index in [0.717, 1.165) is 12.8 Å². The molecule has 2 atom stereocenters. The van der Waals surface area contributed by atoms with Crippen LogP contribution in [0.4, 0.5) is 0 Å². The van der Waals surface area contributed by atoms with E-state index in [1.165, 1.54) is 6.42 Å². The summed E-state index contributed by atoms with van der Waals surface area (Å²) < 4.78 is 32.2. The Hall–Kier alpha value is -0.170. The Bertz CT molecular complexity index is 392. The molecular weight excluding hydrogens is 252 g/mol. The van der Waals surface area contributed by atoms with Gasteiger partial charge in [0.2, 0.25) is 10.0 Å². The Labute approximate surface area is 109 Å². The molecule has 0 aliphatic carbocycles. The van der Waals surface area contributed by atoms with Crippen molar-refractivity contribution < 1.29 is 13.2 Å². The van der Waals surface area contributed by atoms with Gasteiger partial charge in [-0.2, -0.15) is 0 Å². The van der Waals surface area contributed by atoms with Crippen LogP contribution in [0.2, 0.25) is 0 Å². The molecule has 0 aromatic carbocycles. The van der Waals surface area contributed by atoms with Crippen molar-refractivity contribution in [2.45, 2.75) is 49.4 Å². The molecule has 2 bridgehead atoms. The summed E-state index contributed by atoms with van der Waals surface area (Å²) in [6.07, 6.45) is 4.58. The molecule has 6 heteroatoms. The van der Waals surface area contributed by atoms with Crippen molar-refractivity contribution in [1.29, 1.82) is 0 Å². The van der Waals surface area contributed by atoms with Gasteiger partial charge < -0.3 is 10.1 Å². The van der Waals surface area contributed by atoms with Crippen LogP contribution < -0.4 is 5.32 Å². The topological polar surface area (TPSA) is 58.6 Å². The summed E-state index contributed by atoms with van der Waals surface area (Å²) in [6, 6.07) is 0.900. The molecule has 3 fully saturated rings. The highest BCUT2D eigenvalue weighted by molar-refractivity contribution is 7.89. The van der Waals surface area contributed by atoms with Gasteiger partial charge in [0, 0.05) is 38.4 Å². The zero-order valence-corrected chi connectivity index (χ0v) is 11.5. The highest BCUT2D eigenvalue weighted by Gasteiger charge is 2.38. The van der Waals surface area contributed by atoms with Gasteiger partial charge in [-0.3, -0.25) is 0 Å². The number of hydrogen-bond acceptors (Lipinski definition) is 4. The fourth-order valence-electron chi connectivity index (χ4n) is 3.33. The number of nitrogens with one attached hydrogen (secondary N) is 1. The van der Waals surface area contributed by atoms with Crippen LogP contribution >= 0.6 is 0 Å². The summed E-state index contributed by atoms with van der Waals surface area (Å²) in [4.78, 5) is 0. The zero-order chi connectivity index (χ0) is 12.6. The number of fused-ring (bicyclic) bond motifs is 2. The van der Waals surface area contributed by atoms with E-state index in [-0.39, 0.29) is 5.25 Å². The van der Waals surface area contributed by atoms with E-state index >= 15 is 0 Å².